The highest BCUT2D eigenvalue weighted by Gasteiger charge is 2.28. The number of aromatic nitrogens is 2. The summed E-state index contributed by atoms with van der Waals surface area (Å²) in [4.78, 5) is 12.3. The molecule has 3 heterocycles. The van der Waals surface area contributed by atoms with Crippen molar-refractivity contribution in [2.24, 2.45) is 5.92 Å². The van der Waals surface area contributed by atoms with Crippen molar-refractivity contribution in [3.05, 3.63) is 22.9 Å². The fourth-order valence-electron chi connectivity index (χ4n) is 5.46. The first-order chi connectivity index (χ1) is 15.7. The van der Waals surface area contributed by atoms with Crippen molar-refractivity contribution < 1.29 is 9.47 Å². The summed E-state index contributed by atoms with van der Waals surface area (Å²) in [5.74, 6) is 0.767. The van der Waals surface area contributed by atoms with Gasteiger partial charge in [0.2, 0.25) is 5.88 Å². The zero-order valence-corrected chi connectivity index (χ0v) is 19.0. The Morgan fingerprint density at radius 3 is 2.84 bits per heavy atom. The zero-order valence-electron chi connectivity index (χ0n) is 19.0. The molecule has 2 aromatic heterocycles. The van der Waals surface area contributed by atoms with Crippen LogP contribution < -0.4 is 10.1 Å². The molecule has 2 aromatic rings. The van der Waals surface area contributed by atoms with Gasteiger partial charge in [0, 0.05) is 29.8 Å². The molecule has 0 spiro atoms. The Kier molecular flexibility index (Phi) is 6.42. The minimum atomic E-state index is 0.153. The molecular weight excluding hydrogens is 402 g/mol. The van der Waals surface area contributed by atoms with Crippen LogP contribution in [0.1, 0.15) is 55.3 Å². The van der Waals surface area contributed by atoms with E-state index in [1.807, 2.05) is 0 Å². The highest BCUT2D eigenvalue weighted by atomic mass is 16.5. The molecule has 2 fully saturated rings. The molecule has 0 radical (unpaired) electrons. The van der Waals surface area contributed by atoms with E-state index in [4.69, 9.17) is 19.4 Å². The maximum atomic E-state index is 9.29. The summed E-state index contributed by atoms with van der Waals surface area (Å²) in [6.45, 7) is 4.55. The molecule has 5 rings (SSSR count). The SMILES string of the molecule is COc1nc2c(N[C@@H]3CC[C@H](C#N)C3)c3c(nc2cc1COCCN1CCCC1)CCC3. The van der Waals surface area contributed by atoms with E-state index in [0.717, 1.165) is 67.4 Å². The fourth-order valence-corrected chi connectivity index (χ4v) is 5.46. The summed E-state index contributed by atoms with van der Waals surface area (Å²) in [5.41, 5.74) is 6.31. The second-order valence-corrected chi connectivity index (χ2v) is 9.37. The van der Waals surface area contributed by atoms with Crippen molar-refractivity contribution in [1.82, 2.24) is 14.9 Å². The van der Waals surface area contributed by atoms with Crippen LogP contribution in [0.5, 0.6) is 5.88 Å². The average Bonchev–Trinajstić information content (AvgIpc) is 3.58. The van der Waals surface area contributed by atoms with Gasteiger partial charge in [0.15, 0.2) is 0 Å². The van der Waals surface area contributed by atoms with E-state index in [9.17, 15) is 5.26 Å². The van der Waals surface area contributed by atoms with Gasteiger partial charge in [0.25, 0.3) is 0 Å². The van der Waals surface area contributed by atoms with Crippen molar-refractivity contribution in [1.29, 1.82) is 5.26 Å². The van der Waals surface area contributed by atoms with Crippen LogP contribution in [0.15, 0.2) is 6.07 Å². The second kappa shape index (κ2) is 9.60. The van der Waals surface area contributed by atoms with Crippen molar-refractivity contribution in [3.63, 3.8) is 0 Å². The number of nitriles is 1. The van der Waals surface area contributed by atoms with Gasteiger partial charge >= 0.3 is 0 Å². The Labute approximate surface area is 190 Å². The lowest BCUT2D eigenvalue weighted by Crippen LogP contribution is -2.24. The number of likely N-dealkylation sites (tertiary alicyclic amines) is 1. The van der Waals surface area contributed by atoms with E-state index < -0.39 is 0 Å². The zero-order chi connectivity index (χ0) is 21.9. The highest BCUT2D eigenvalue weighted by molar-refractivity contribution is 5.91. The van der Waals surface area contributed by atoms with Crippen LogP contribution in [-0.4, -0.2) is 54.3 Å². The molecule has 0 bridgehead atoms. The summed E-state index contributed by atoms with van der Waals surface area (Å²) in [5, 5.41) is 13.1. The van der Waals surface area contributed by atoms with Crippen LogP contribution in [-0.2, 0) is 24.2 Å². The lowest BCUT2D eigenvalue weighted by atomic mass is 10.1. The van der Waals surface area contributed by atoms with E-state index in [1.54, 1.807) is 7.11 Å². The molecular formula is C25H33N5O2. The number of pyridine rings is 2. The quantitative estimate of drug-likeness (QED) is 0.631. The first-order valence-corrected chi connectivity index (χ1v) is 12.1. The number of methoxy groups -OCH3 is 1. The third kappa shape index (κ3) is 4.39. The van der Waals surface area contributed by atoms with E-state index in [0.29, 0.717) is 25.1 Å². The number of rotatable bonds is 8. The lowest BCUT2D eigenvalue weighted by Gasteiger charge is -2.20. The maximum Gasteiger partial charge on any atom is 0.219 e. The van der Waals surface area contributed by atoms with Gasteiger partial charge in [0.05, 0.1) is 37.6 Å². The van der Waals surface area contributed by atoms with E-state index in [-0.39, 0.29) is 5.92 Å². The number of aryl methyl sites for hydroxylation is 1. The van der Waals surface area contributed by atoms with Gasteiger partial charge in [-0.1, -0.05) is 0 Å². The van der Waals surface area contributed by atoms with Gasteiger partial charge in [0.1, 0.15) is 5.52 Å². The monoisotopic (exact) mass is 435 g/mol. The summed E-state index contributed by atoms with van der Waals surface area (Å²) < 4.78 is 11.7. The molecule has 0 aromatic carbocycles. The molecule has 2 atom stereocenters. The second-order valence-electron chi connectivity index (χ2n) is 9.37. The number of fused-ring (bicyclic) bond motifs is 2. The number of ether oxygens (including phenoxy) is 2. The van der Waals surface area contributed by atoms with Crippen LogP contribution in [0.2, 0.25) is 0 Å². The van der Waals surface area contributed by atoms with E-state index >= 15 is 0 Å². The Morgan fingerprint density at radius 2 is 2.06 bits per heavy atom. The number of nitrogens with one attached hydrogen (secondary N) is 1. The molecule has 3 aliphatic rings. The van der Waals surface area contributed by atoms with Crippen molar-refractivity contribution in [3.8, 4) is 11.9 Å². The van der Waals surface area contributed by atoms with E-state index in [2.05, 4.69) is 22.4 Å². The van der Waals surface area contributed by atoms with Gasteiger partial charge in [-0.2, -0.15) is 5.26 Å². The molecule has 2 aliphatic carbocycles. The van der Waals surface area contributed by atoms with Crippen molar-refractivity contribution in [2.75, 3.05) is 38.7 Å². The van der Waals surface area contributed by atoms with Gasteiger partial charge in [-0.3, -0.25) is 4.98 Å². The average molecular weight is 436 g/mol. The topological polar surface area (TPSA) is 83.3 Å². The van der Waals surface area contributed by atoms with Crippen LogP contribution in [0.25, 0.3) is 11.0 Å². The number of nitrogens with zero attached hydrogens (tertiary/aromatic N) is 4. The standard InChI is InChI=1S/C25H33N5O2/c1-31-25-18(16-32-12-11-30-9-2-3-10-30)14-22-24(29-25)23(20-5-4-6-21(20)28-22)27-19-8-7-17(13-19)15-26/h14,17,19H,2-13,16H2,1H3,(H,27,28)/t17-,19+/m0/s1. The normalized spacial score (nSPS) is 22.9. The summed E-state index contributed by atoms with van der Waals surface area (Å²) in [7, 11) is 1.67. The Bertz CT molecular complexity index is 1010. The molecule has 7 nitrogen and oxygen atoms in total. The van der Waals surface area contributed by atoms with Gasteiger partial charge in [-0.15, -0.1) is 0 Å². The van der Waals surface area contributed by atoms with Crippen LogP contribution >= 0.6 is 0 Å². The number of anilines is 1. The largest absolute Gasteiger partial charge is 0.481 e. The molecule has 1 aliphatic heterocycles. The Hall–Kier alpha value is -2.43. The van der Waals surface area contributed by atoms with Crippen molar-refractivity contribution in [2.45, 2.75) is 64.0 Å². The molecule has 1 saturated carbocycles. The van der Waals surface area contributed by atoms with Crippen LogP contribution in [0.4, 0.5) is 5.69 Å². The third-order valence-electron chi connectivity index (χ3n) is 7.19. The lowest BCUT2D eigenvalue weighted by molar-refractivity contribution is 0.0975. The molecule has 7 heteroatoms. The predicted octanol–water partition coefficient (Wildman–Crippen LogP) is 3.84. The molecule has 1 N–H and O–H groups in total. The predicted molar refractivity (Wildman–Crippen MR) is 124 cm³/mol. The fraction of sp³-hybridized carbons (Fsp3) is 0.640. The minimum Gasteiger partial charge on any atom is -0.481 e. The van der Waals surface area contributed by atoms with Gasteiger partial charge in [-0.05, 0) is 76.1 Å². The molecule has 32 heavy (non-hydrogen) atoms. The summed E-state index contributed by atoms with van der Waals surface area (Å²) in [6.07, 6.45) is 8.66. The molecule has 0 amide bonds. The smallest absolute Gasteiger partial charge is 0.219 e. The molecule has 0 unspecified atom stereocenters. The summed E-state index contributed by atoms with van der Waals surface area (Å²) in [6, 6.07) is 4.84. The van der Waals surface area contributed by atoms with Crippen LogP contribution in [0, 0.1) is 17.2 Å². The summed E-state index contributed by atoms with van der Waals surface area (Å²) >= 11 is 0. The highest BCUT2D eigenvalue weighted by Crippen LogP contribution is 2.37. The Morgan fingerprint density at radius 1 is 1.19 bits per heavy atom. The third-order valence-corrected chi connectivity index (χ3v) is 7.19. The van der Waals surface area contributed by atoms with Crippen molar-refractivity contribution >= 4 is 16.7 Å². The first kappa shape index (κ1) is 21.4. The molecule has 1 saturated heterocycles. The number of hydrogen-bond acceptors (Lipinski definition) is 7. The van der Waals surface area contributed by atoms with Gasteiger partial charge in [-0.25, -0.2) is 4.98 Å². The Balaban J connectivity index is 1.39. The van der Waals surface area contributed by atoms with E-state index in [1.165, 1.54) is 37.2 Å². The molecule has 170 valence electrons. The maximum absolute atomic E-state index is 9.29. The van der Waals surface area contributed by atoms with Gasteiger partial charge < -0.3 is 19.7 Å². The first-order valence-electron chi connectivity index (χ1n) is 12.1. The minimum absolute atomic E-state index is 0.153. The number of hydrogen-bond donors (Lipinski definition) is 1. The van der Waals surface area contributed by atoms with Crippen LogP contribution in [0.3, 0.4) is 0 Å².